The highest BCUT2D eigenvalue weighted by Gasteiger charge is 2.09. The van der Waals surface area contributed by atoms with Crippen molar-refractivity contribution in [2.24, 2.45) is 0 Å². The van der Waals surface area contributed by atoms with Gasteiger partial charge in [0.25, 0.3) is 0 Å². The second-order valence-electron chi connectivity index (χ2n) is 5.48. The Bertz CT molecular complexity index is 1040. The predicted molar refractivity (Wildman–Crippen MR) is 95.6 cm³/mol. The van der Waals surface area contributed by atoms with Gasteiger partial charge >= 0.3 is 0 Å². The molecule has 0 aliphatic rings. The number of aromatic amines is 1. The van der Waals surface area contributed by atoms with E-state index in [0.717, 1.165) is 6.54 Å². The molecule has 2 aromatic heterocycles. The van der Waals surface area contributed by atoms with Gasteiger partial charge in [-0.05, 0) is 42.9 Å². The third-order valence-electron chi connectivity index (χ3n) is 4.16. The van der Waals surface area contributed by atoms with Crippen LogP contribution < -0.4 is 5.43 Å². The normalized spacial score (nSPS) is 11.3. The molecule has 0 unspecified atom stereocenters. The zero-order chi connectivity index (χ0) is 15.8. The SMILES string of the molecule is CCn1c2ccccc2c2cc(CNn3cn[nH]c3=S)ccc21. The predicted octanol–water partition coefficient (Wildman–Crippen LogP) is 3.81. The number of benzene rings is 2. The Morgan fingerprint density at radius 1 is 1.13 bits per heavy atom. The van der Waals surface area contributed by atoms with Crippen LogP contribution in [0.3, 0.4) is 0 Å². The zero-order valence-corrected chi connectivity index (χ0v) is 13.6. The van der Waals surface area contributed by atoms with Crippen molar-refractivity contribution >= 4 is 34.0 Å². The molecule has 0 amide bonds. The number of aryl methyl sites for hydroxylation is 1. The van der Waals surface area contributed by atoms with Crippen molar-refractivity contribution in [2.75, 3.05) is 5.43 Å². The van der Waals surface area contributed by atoms with Crippen LogP contribution in [0.25, 0.3) is 21.8 Å². The van der Waals surface area contributed by atoms with Crippen LogP contribution in [0.15, 0.2) is 48.8 Å². The lowest BCUT2D eigenvalue weighted by atomic mass is 10.1. The average Bonchev–Trinajstić information content (AvgIpc) is 3.13. The topological polar surface area (TPSA) is 50.6 Å². The fourth-order valence-electron chi connectivity index (χ4n) is 3.09. The van der Waals surface area contributed by atoms with Crippen molar-refractivity contribution in [1.29, 1.82) is 0 Å². The van der Waals surface area contributed by atoms with E-state index in [1.807, 2.05) is 0 Å². The van der Waals surface area contributed by atoms with Gasteiger partial charge in [0, 0.05) is 28.4 Å². The van der Waals surface area contributed by atoms with Gasteiger partial charge in [0.2, 0.25) is 4.77 Å². The van der Waals surface area contributed by atoms with Crippen LogP contribution in [-0.4, -0.2) is 19.4 Å². The Hall–Kier alpha value is -2.60. The van der Waals surface area contributed by atoms with Crippen LogP contribution >= 0.6 is 12.2 Å². The van der Waals surface area contributed by atoms with E-state index in [4.69, 9.17) is 12.2 Å². The smallest absolute Gasteiger partial charge is 0.214 e. The number of rotatable bonds is 4. The Morgan fingerprint density at radius 2 is 1.96 bits per heavy atom. The maximum absolute atomic E-state index is 5.14. The molecule has 0 atom stereocenters. The number of nitrogens with zero attached hydrogens (tertiary/aromatic N) is 3. The van der Waals surface area contributed by atoms with E-state index < -0.39 is 0 Å². The van der Waals surface area contributed by atoms with Crippen molar-refractivity contribution in [1.82, 2.24) is 19.4 Å². The van der Waals surface area contributed by atoms with E-state index in [1.54, 1.807) is 11.0 Å². The minimum absolute atomic E-state index is 0.564. The van der Waals surface area contributed by atoms with Crippen LogP contribution in [0, 0.1) is 4.77 Å². The summed E-state index contributed by atoms with van der Waals surface area (Å²) in [6.07, 6.45) is 1.64. The first kappa shape index (κ1) is 14.0. The molecular formula is C17H17N5S. The average molecular weight is 323 g/mol. The molecule has 0 aliphatic carbocycles. The summed E-state index contributed by atoms with van der Waals surface area (Å²) in [6.45, 7) is 3.84. The Kier molecular flexibility index (Phi) is 3.38. The van der Waals surface area contributed by atoms with Crippen molar-refractivity contribution in [3.63, 3.8) is 0 Å². The molecule has 116 valence electrons. The van der Waals surface area contributed by atoms with Gasteiger partial charge in [0.1, 0.15) is 6.33 Å². The highest BCUT2D eigenvalue weighted by Crippen LogP contribution is 2.29. The third kappa shape index (κ3) is 2.31. The summed E-state index contributed by atoms with van der Waals surface area (Å²) in [7, 11) is 0. The maximum atomic E-state index is 5.14. The molecule has 5 nitrogen and oxygen atoms in total. The number of hydrogen-bond donors (Lipinski definition) is 2. The zero-order valence-electron chi connectivity index (χ0n) is 12.8. The van der Waals surface area contributed by atoms with Gasteiger partial charge in [0.05, 0.1) is 6.54 Å². The molecule has 23 heavy (non-hydrogen) atoms. The Labute approximate surface area is 138 Å². The molecule has 2 heterocycles. The molecule has 0 spiro atoms. The molecule has 0 saturated heterocycles. The van der Waals surface area contributed by atoms with Gasteiger partial charge in [-0.1, -0.05) is 24.3 Å². The number of H-pyrrole nitrogens is 1. The van der Waals surface area contributed by atoms with E-state index in [2.05, 4.69) is 69.6 Å². The van der Waals surface area contributed by atoms with E-state index in [9.17, 15) is 0 Å². The largest absolute Gasteiger partial charge is 0.341 e. The number of nitrogens with one attached hydrogen (secondary N) is 2. The van der Waals surface area contributed by atoms with E-state index in [0.29, 0.717) is 11.3 Å². The van der Waals surface area contributed by atoms with Gasteiger partial charge in [-0.3, -0.25) is 5.10 Å². The van der Waals surface area contributed by atoms with Crippen LogP contribution in [0.2, 0.25) is 0 Å². The van der Waals surface area contributed by atoms with Crippen LogP contribution in [0.5, 0.6) is 0 Å². The Morgan fingerprint density at radius 3 is 2.74 bits per heavy atom. The molecule has 0 aliphatic heterocycles. The maximum Gasteiger partial charge on any atom is 0.214 e. The van der Waals surface area contributed by atoms with Gasteiger partial charge in [-0.2, -0.15) is 5.10 Å². The van der Waals surface area contributed by atoms with Crippen LogP contribution in [0.1, 0.15) is 12.5 Å². The van der Waals surface area contributed by atoms with Gasteiger partial charge < -0.3 is 9.99 Å². The minimum atomic E-state index is 0.564. The summed E-state index contributed by atoms with van der Waals surface area (Å²) in [5.74, 6) is 0. The summed E-state index contributed by atoms with van der Waals surface area (Å²) >= 11 is 5.14. The monoisotopic (exact) mass is 323 g/mol. The molecule has 2 aromatic carbocycles. The van der Waals surface area contributed by atoms with Crippen molar-refractivity contribution in [3.8, 4) is 0 Å². The minimum Gasteiger partial charge on any atom is -0.341 e. The van der Waals surface area contributed by atoms with E-state index in [-0.39, 0.29) is 0 Å². The first-order valence-corrected chi connectivity index (χ1v) is 8.04. The second kappa shape index (κ2) is 5.55. The summed E-state index contributed by atoms with van der Waals surface area (Å²) in [4.78, 5) is 0. The molecular weight excluding hydrogens is 306 g/mol. The number of fused-ring (bicyclic) bond motifs is 3. The number of para-hydroxylation sites is 1. The lowest BCUT2D eigenvalue weighted by Gasteiger charge is -2.07. The van der Waals surface area contributed by atoms with Crippen LogP contribution in [0.4, 0.5) is 0 Å². The summed E-state index contributed by atoms with van der Waals surface area (Å²) in [5.41, 5.74) is 7.02. The molecule has 0 fully saturated rings. The lowest BCUT2D eigenvalue weighted by Crippen LogP contribution is -2.13. The molecule has 0 bridgehead atoms. The molecule has 4 rings (SSSR count). The first-order valence-electron chi connectivity index (χ1n) is 7.63. The van der Waals surface area contributed by atoms with Crippen LogP contribution in [-0.2, 0) is 13.1 Å². The highest BCUT2D eigenvalue weighted by molar-refractivity contribution is 7.71. The highest BCUT2D eigenvalue weighted by atomic mass is 32.1. The molecule has 0 radical (unpaired) electrons. The fourth-order valence-corrected chi connectivity index (χ4v) is 3.25. The van der Waals surface area contributed by atoms with Gasteiger partial charge in [-0.15, -0.1) is 0 Å². The standard InChI is InChI=1S/C17H17N5S/c1-2-21-15-6-4-3-5-13(15)14-9-12(7-8-16(14)21)10-19-22-11-18-20-17(22)23/h3-9,11,19H,2,10H2,1H3,(H,20,23). The molecule has 4 aromatic rings. The number of aromatic nitrogens is 4. The second-order valence-corrected chi connectivity index (χ2v) is 5.87. The fraction of sp³-hybridized carbons (Fsp3) is 0.176. The quantitative estimate of drug-likeness (QED) is 0.562. The van der Waals surface area contributed by atoms with E-state index >= 15 is 0 Å². The number of hydrogen-bond acceptors (Lipinski definition) is 3. The van der Waals surface area contributed by atoms with Gasteiger partial charge in [-0.25, -0.2) is 4.68 Å². The van der Waals surface area contributed by atoms with Crippen molar-refractivity contribution in [3.05, 3.63) is 59.1 Å². The summed E-state index contributed by atoms with van der Waals surface area (Å²) in [5, 5.41) is 9.23. The first-order chi connectivity index (χ1) is 11.3. The third-order valence-corrected chi connectivity index (χ3v) is 4.45. The van der Waals surface area contributed by atoms with E-state index in [1.165, 1.54) is 27.4 Å². The summed E-state index contributed by atoms with van der Waals surface area (Å²) < 4.78 is 4.64. The van der Waals surface area contributed by atoms with Crippen molar-refractivity contribution in [2.45, 2.75) is 20.0 Å². The summed E-state index contributed by atoms with van der Waals surface area (Å²) in [6, 6.07) is 15.2. The lowest BCUT2D eigenvalue weighted by molar-refractivity contribution is 0.821. The van der Waals surface area contributed by atoms with Crippen molar-refractivity contribution < 1.29 is 0 Å². The molecule has 0 saturated carbocycles. The Balaban J connectivity index is 1.77. The molecule has 2 N–H and O–H groups in total. The van der Waals surface area contributed by atoms with Gasteiger partial charge in [0.15, 0.2) is 0 Å². The molecule has 6 heteroatoms.